The van der Waals surface area contributed by atoms with Gasteiger partial charge >= 0.3 is 0 Å². The normalized spacial score (nSPS) is 10.6. The summed E-state index contributed by atoms with van der Waals surface area (Å²) in [5, 5.41) is 3.33. The lowest BCUT2D eigenvalue weighted by Crippen LogP contribution is -2.31. The van der Waals surface area contributed by atoms with E-state index in [2.05, 4.69) is 35.2 Å². The second-order valence-corrected chi connectivity index (χ2v) is 6.86. The maximum absolute atomic E-state index is 13.1. The molecule has 3 rings (SSSR count). The number of nitrogens with zero attached hydrogens (tertiary/aromatic N) is 3. The fourth-order valence-corrected chi connectivity index (χ4v) is 3.06. The molecule has 1 aromatic heterocycles. The summed E-state index contributed by atoms with van der Waals surface area (Å²) < 4.78 is 0. The molecule has 3 aromatic rings. The minimum Gasteiger partial charge on any atom is -0.340 e. The molecule has 28 heavy (non-hydrogen) atoms. The van der Waals surface area contributed by atoms with Crippen LogP contribution in [0.1, 0.15) is 39.9 Å². The molecule has 5 heteroatoms. The lowest BCUT2D eigenvalue weighted by atomic mass is 10.1. The van der Waals surface area contributed by atoms with Crippen molar-refractivity contribution in [3.8, 4) is 0 Å². The molecule has 1 amide bonds. The number of hydrogen-bond acceptors (Lipinski definition) is 4. The Morgan fingerprint density at radius 2 is 1.75 bits per heavy atom. The minimum atomic E-state index is -0.0964. The first-order valence-corrected chi connectivity index (χ1v) is 9.50. The molecule has 1 N–H and O–H groups in total. The Hall–Kier alpha value is -3.21. The van der Waals surface area contributed by atoms with Gasteiger partial charge in [-0.1, -0.05) is 42.5 Å². The minimum absolute atomic E-state index is 0.0964. The predicted molar refractivity (Wildman–Crippen MR) is 113 cm³/mol. The molecule has 144 valence electrons. The van der Waals surface area contributed by atoms with Crippen molar-refractivity contribution in [1.29, 1.82) is 0 Å². The van der Waals surface area contributed by atoms with Gasteiger partial charge in [-0.3, -0.25) is 4.79 Å². The topological polar surface area (TPSA) is 58.1 Å². The van der Waals surface area contributed by atoms with Crippen molar-refractivity contribution in [2.75, 3.05) is 11.9 Å². The van der Waals surface area contributed by atoms with E-state index < -0.39 is 0 Å². The number of amides is 1. The molecule has 0 radical (unpaired) electrons. The Morgan fingerprint density at radius 3 is 2.46 bits per heavy atom. The molecular formula is C23H26N4O. The van der Waals surface area contributed by atoms with E-state index >= 15 is 0 Å². The number of aryl methyl sites for hydroxylation is 2. The largest absolute Gasteiger partial charge is 0.340 e. The van der Waals surface area contributed by atoms with Gasteiger partial charge in [0.05, 0.1) is 0 Å². The van der Waals surface area contributed by atoms with Crippen LogP contribution < -0.4 is 5.32 Å². The molecule has 0 aliphatic rings. The Balaban J connectivity index is 1.85. The van der Waals surface area contributed by atoms with Gasteiger partial charge in [0.2, 0.25) is 0 Å². The van der Waals surface area contributed by atoms with Gasteiger partial charge in [-0.15, -0.1) is 0 Å². The standard InChI is InChI=1S/C23H26N4O/c1-5-27(15-19-11-7-6-8-12-19)23(28)21-14-22(25-18(4)24-21)26-20-13-9-10-16(2)17(20)3/h6-14H,5,15H2,1-4H3,(H,24,25,26). The van der Waals surface area contributed by atoms with Crippen LogP contribution in [0.3, 0.4) is 0 Å². The first kappa shape index (κ1) is 19.5. The van der Waals surface area contributed by atoms with Crippen molar-refractivity contribution < 1.29 is 4.79 Å². The molecule has 2 aromatic carbocycles. The fraction of sp³-hybridized carbons (Fsp3) is 0.261. The van der Waals surface area contributed by atoms with Gasteiger partial charge in [0.15, 0.2) is 0 Å². The third kappa shape index (κ3) is 4.55. The SMILES string of the molecule is CCN(Cc1ccccc1)C(=O)c1cc(Nc2cccc(C)c2C)nc(C)n1. The quantitative estimate of drug-likeness (QED) is 0.673. The zero-order valence-electron chi connectivity index (χ0n) is 16.9. The first-order valence-electron chi connectivity index (χ1n) is 9.50. The van der Waals surface area contributed by atoms with Gasteiger partial charge in [-0.05, 0) is 50.5 Å². The van der Waals surface area contributed by atoms with E-state index in [4.69, 9.17) is 0 Å². The van der Waals surface area contributed by atoms with Gasteiger partial charge < -0.3 is 10.2 Å². The summed E-state index contributed by atoms with van der Waals surface area (Å²) in [6.07, 6.45) is 0. The molecule has 0 spiro atoms. The highest BCUT2D eigenvalue weighted by molar-refractivity contribution is 5.93. The molecule has 0 aliphatic carbocycles. The highest BCUT2D eigenvalue weighted by Crippen LogP contribution is 2.22. The molecule has 0 saturated carbocycles. The van der Waals surface area contributed by atoms with Crippen molar-refractivity contribution >= 4 is 17.4 Å². The monoisotopic (exact) mass is 374 g/mol. The van der Waals surface area contributed by atoms with Gasteiger partial charge in [-0.25, -0.2) is 9.97 Å². The van der Waals surface area contributed by atoms with E-state index in [1.165, 1.54) is 5.56 Å². The molecular weight excluding hydrogens is 348 g/mol. The van der Waals surface area contributed by atoms with Crippen molar-refractivity contribution in [2.24, 2.45) is 0 Å². The first-order chi connectivity index (χ1) is 13.5. The summed E-state index contributed by atoms with van der Waals surface area (Å²) in [7, 11) is 0. The molecule has 1 heterocycles. The van der Waals surface area contributed by atoms with Crippen molar-refractivity contribution in [1.82, 2.24) is 14.9 Å². The van der Waals surface area contributed by atoms with Crippen LogP contribution in [0.5, 0.6) is 0 Å². The van der Waals surface area contributed by atoms with Gasteiger partial charge in [0.25, 0.3) is 5.91 Å². The molecule has 0 bridgehead atoms. The van der Waals surface area contributed by atoms with Crippen molar-refractivity contribution in [3.05, 3.63) is 82.8 Å². The number of aromatic nitrogens is 2. The van der Waals surface area contributed by atoms with E-state index in [-0.39, 0.29) is 5.91 Å². The van der Waals surface area contributed by atoms with Crippen LogP contribution in [-0.4, -0.2) is 27.3 Å². The van der Waals surface area contributed by atoms with Crippen LogP contribution in [-0.2, 0) is 6.54 Å². The summed E-state index contributed by atoms with van der Waals surface area (Å²) in [6.45, 7) is 9.08. The summed E-state index contributed by atoms with van der Waals surface area (Å²) >= 11 is 0. The van der Waals surface area contributed by atoms with Crippen molar-refractivity contribution in [2.45, 2.75) is 34.2 Å². The zero-order chi connectivity index (χ0) is 20.1. The van der Waals surface area contributed by atoms with Crippen LogP contribution in [0.15, 0.2) is 54.6 Å². The van der Waals surface area contributed by atoms with E-state index in [0.717, 1.165) is 16.8 Å². The summed E-state index contributed by atoms with van der Waals surface area (Å²) in [6, 6.07) is 17.8. The highest BCUT2D eigenvalue weighted by atomic mass is 16.2. The van der Waals surface area contributed by atoms with E-state index in [0.29, 0.717) is 30.4 Å². The zero-order valence-corrected chi connectivity index (χ0v) is 16.9. The third-order valence-electron chi connectivity index (χ3n) is 4.81. The van der Waals surface area contributed by atoms with Crippen LogP contribution >= 0.6 is 0 Å². The second kappa shape index (κ2) is 8.65. The van der Waals surface area contributed by atoms with Gasteiger partial charge in [-0.2, -0.15) is 0 Å². The van der Waals surface area contributed by atoms with E-state index in [1.54, 1.807) is 17.9 Å². The molecule has 0 fully saturated rings. The summed E-state index contributed by atoms with van der Waals surface area (Å²) in [5.41, 5.74) is 4.83. The maximum atomic E-state index is 13.1. The van der Waals surface area contributed by atoms with Gasteiger partial charge in [0, 0.05) is 24.8 Å². The second-order valence-electron chi connectivity index (χ2n) is 6.86. The fourth-order valence-electron chi connectivity index (χ4n) is 3.06. The van der Waals surface area contributed by atoms with E-state index in [9.17, 15) is 4.79 Å². The number of hydrogen-bond donors (Lipinski definition) is 1. The lowest BCUT2D eigenvalue weighted by molar-refractivity contribution is 0.0746. The van der Waals surface area contributed by atoms with Crippen molar-refractivity contribution in [3.63, 3.8) is 0 Å². The third-order valence-corrected chi connectivity index (χ3v) is 4.81. The average molecular weight is 374 g/mol. The summed E-state index contributed by atoms with van der Waals surface area (Å²) in [4.78, 5) is 23.7. The number of anilines is 2. The highest BCUT2D eigenvalue weighted by Gasteiger charge is 2.18. The number of benzene rings is 2. The van der Waals surface area contributed by atoms with E-state index in [1.807, 2.05) is 49.4 Å². The average Bonchev–Trinajstić information content (AvgIpc) is 2.69. The lowest BCUT2D eigenvalue weighted by Gasteiger charge is -2.21. The Kier molecular flexibility index (Phi) is 6.04. The number of carbonyl (C=O) groups excluding carboxylic acids is 1. The van der Waals surface area contributed by atoms with Crippen LogP contribution in [0.2, 0.25) is 0 Å². The smallest absolute Gasteiger partial charge is 0.272 e. The molecule has 0 atom stereocenters. The predicted octanol–water partition coefficient (Wildman–Crippen LogP) is 4.81. The Morgan fingerprint density at radius 1 is 1.00 bits per heavy atom. The Labute approximate surface area is 166 Å². The molecule has 5 nitrogen and oxygen atoms in total. The molecule has 0 saturated heterocycles. The van der Waals surface area contributed by atoms with Crippen LogP contribution in [0, 0.1) is 20.8 Å². The number of nitrogens with one attached hydrogen (secondary N) is 1. The Bertz CT molecular complexity index is 970. The molecule has 0 unspecified atom stereocenters. The number of carbonyl (C=O) groups is 1. The van der Waals surface area contributed by atoms with Crippen LogP contribution in [0.4, 0.5) is 11.5 Å². The molecule has 0 aliphatic heterocycles. The van der Waals surface area contributed by atoms with Gasteiger partial charge in [0.1, 0.15) is 17.3 Å². The van der Waals surface area contributed by atoms with Crippen LogP contribution in [0.25, 0.3) is 0 Å². The number of rotatable bonds is 6. The summed E-state index contributed by atoms with van der Waals surface area (Å²) in [5.74, 6) is 1.09. The maximum Gasteiger partial charge on any atom is 0.272 e.